The lowest BCUT2D eigenvalue weighted by atomic mass is 9.98. The highest BCUT2D eigenvalue weighted by atomic mass is 32.2. The van der Waals surface area contributed by atoms with E-state index >= 15 is 0 Å². The Balaban J connectivity index is 2.10. The summed E-state index contributed by atoms with van der Waals surface area (Å²) in [6.45, 7) is 5.05. The van der Waals surface area contributed by atoms with Gasteiger partial charge in [-0.3, -0.25) is 0 Å². The Hall–Kier alpha value is -0.910. The first-order valence-corrected chi connectivity index (χ1v) is 8.68. The van der Waals surface area contributed by atoms with Gasteiger partial charge in [-0.2, -0.15) is 0 Å². The number of hydrogen-bond donors (Lipinski definition) is 2. The smallest absolute Gasteiger partial charge is 0.240 e. The molecule has 1 aliphatic carbocycles. The van der Waals surface area contributed by atoms with E-state index in [2.05, 4.69) is 23.9 Å². The van der Waals surface area contributed by atoms with Crippen molar-refractivity contribution in [2.75, 3.05) is 7.05 Å². The lowest BCUT2D eigenvalue weighted by Crippen LogP contribution is -2.37. The fraction of sp³-hybridized carbons (Fsp3) is 0.600. The monoisotopic (exact) mass is 296 g/mol. The quantitative estimate of drug-likeness (QED) is 0.875. The second-order valence-electron chi connectivity index (χ2n) is 5.82. The van der Waals surface area contributed by atoms with Crippen molar-refractivity contribution in [1.29, 1.82) is 0 Å². The standard InChI is InChI=1S/C15H24N2O2S/c1-11-4-9-15(12(11)2)17-20(18,19)14-7-5-13(6-8-14)10-16-3/h5-8,11-12,15-17H,4,9-10H2,1-3H3. The summed E-state index contributed by atoms with van der Waals surface area (Å²) in [4.78, 5) is 0.351. The average Bonchev–Trinajstić information content (AvgIpc) is 2.71. The molecule has 0 bridgehead atoms. The Kier molecular flexibility index (Phi) is 4.83. The lowest BCUT2D eigenvalue weighted by Gasteiger charge is -2.19. The molecule has 0 amide bonds. The average molecular weight is 296 g/mol. The first-order valence-electron chi connectivity index (χ1n) is 7.20. The highest BCUT2D eigenvalue weighted by Gasteiger charge is 2.32. The molecule has 0 heterocycles. The summed E-state index contributed by atoms with van der Waals surface area (Å²) in [7, 11) is -1.53. The molecule has 112 valence electrons. The summed E-state index contributed by atoms with van der Waals surface area (Å²) in [5.41, 5.74) is 1.08. The minimum atomic E-state index is -3.40. The minimum absolute atomic E-state index is 0.0620. The van der Waals surface area contributed by atoms with Crippen LogP contribution in [0.3, 0.4) is 0 Å². The molecule has 2 N–H and O–H groups in total. The Morgan fingerprint density at radius 3 is 2.30 bits per heavy atom. The Labute approximate surface area is 122 Å². The minimum Gasteiger partial charge on any atom is -0.316 e. The maximum Gasteiger partial charge on any atom is 0.240 e. The summed E-state index contributed by atoms with van der Waals surface area (Å²) in [6, 6.07) is 7.13. The predicted octanol–water partition coefficient (Wildman–Crippen LogP) is 2.12. The lowest BCUT2D eigenvalue weighted by molar-refractivity contribution is 0.402. The van der Waals surface area contributed by atoms with Gasteiger partial charge in [0.25, 0.3) is 0 Å². The van der Waals surface area contributed by atoms with E-state index in [0.717, 1.165) is 24.9 Å². The van der Waals surface area contributed by atoms with Gasteiger partial charge in [0.15, 0.2) is 0 Å². The van der Waals surface area contributed by atoms with Crippen LogP contribution in [0.25, 0.3) is 0 Å². The van der Waals surface area contributed by atoms with Crippen LogP contribution in [0.1, 0.15) is 32.3 Å². The van der Waals surface area contributed by atoms with Crippen molar-refractivity contribution in [2.24, 2.45) is 11.8 Å². The van der Waals surface area contributed by atoms with Gasteiger partial charge in [0.1, 0.15) is 0 Å². The van der Waals surface area contributed by atoms with E-state index in [1.807, 2.05) is 19.2 Å². The molecule has 0 aliphatic heterocycles. The zero-order chi connectivity index (χ0) is 14.8. The molecule has 1 fully saturated rings. The highest BCUT2D eigenvalue weighted by molar-refractivity contribution is 7.89. The van der Waals surface area contributed by atoms with Crippen LogP contribution in [0.2, 0.25) is 0 Å². The van der Waals surface area contributed by atoms with Gasteiger partial charge in [-0.1, -0.05) is 26.0 Å². The molecule has 1 saturated carbocycles. The molecule has 1 aliphatic rings. The van der Waals surface area contributed by atoms with Crippen molar-refractivity contribution in [3.63, 3.8) is 0 Å². The molecule has 0 radical (unpaired) electrons. The van der Waals surface area contributed by atoms with Crippen LogP contribution in [0.15, 0.2) is 29.2 Å². The molecule has 1 aromatic carbocycles. The number of sulfonamides is 1. The predicted molar refractivity (Wildman–Crippen MR) is 80.9 cm³/mol. The van der Waals surface area contributed by atoms with Crippen molar-refractivity contribution in [3.8, 4) is 0 Å². The second kappa shape index (κ2) is 6.24. The van der Waals surface area contributed by atoms with E-state index in [1.54, 1.807) is 12.1 Å². The first-order chi connectivity index (χ1) is 9.44. The van der Waals surface area contributed by atoms with Crippen LogP contribution >= 0.6 is 0 Å². The van der Waals surface area contributed by atoms with Gasteiger partial charge >= 0.3 is 0 Å². The third-order valence-corrected chi connectivity index (χ3v) is 5.89. The molecular weight excluding hydrogens is 272 g/mol. The van der Waals surface area contributed by atoms with E-state index in [1.165, 1.54) is 0 Å². The SMILES string of the molecule is CNCc1ccc(S(=O)(=O)NC2CCC(C)C2C)cc1. The van der Waals surface area contributed by atoms with Crippen LogP contribution in [0.4, 0.5) is 0 Å². The van der Waals surface area contributed by atoms with Crippen LogP contribution < -0.4 is 10.0 Å². The largest absolute Gasteiger partial charge is 0.316 e. The maximum absolute atomic E-state index is 12.4. The van der Waals surface area contributed by atoms with E-state index in [0.29, 0.717) is 16.7 Å². The van der Waals surface area contributed by atoms with E-state index in [4.69, 9.17) is 0 Å². The molecule has 1 aromatic rings. The molecule has 20 heavy (non-hydrogen) atoms. The van der Waals surface area contributed by atoms with Crippen LogP contribution in [-0.2, 0) is 16.6 Å². The van der Waals surface area contributed by atoms with Gasteiger partial charge in [-0.25, -0.2) is 13.1 Å². The van der Waals surface area contributed by atoms with Gasteiger partial charge in [-0.05, 0) is 49.4 Å². The van der Waals surface area contributed by atoms with Crippen LogP contribution in [0.5, 0.6) is 0 Å². The normalized spacial score (nSPS) is 26.9. The molecule has 5 heteroatoms. The zero-order valence-electron chi connectivity index (χ0n) is 12.4. The van der Waals surface area contributed by atoms with E-state index in [-0.39, 0.29) is 6.04 Å². The number of nitrogens with one attached hydrogen (secondary N) is 2. The molecule has 3 unspecified atom stereocenters. The van der Waals surface area contributed by atoms with Crippen molar-refractivity contribution < 1.29 is 8.42 Å². The van der Waals surface area contributed by atoms with Crippen molar-refractivity contribution in [1.82, 2.24) is 10.0 Å². The highest BCUT2D eigenvalue weighted by Crippen LogP contribution is 2.32. The number of benzene rings is 1. The molecule has 3 atom stereocenters. The Morgan fingerprint density at radius 1 is 1.15 bits per heavy atom. The van der Waals surface area contributed by atoms with Crippen molar-refractivity contribution in [2.45, 2.75) is 44.2 Å². The maximum atomic E-state index is 12.4. The zero-order valence-corrected chi connectivity index (χ0v) is 13.2. The molecular formula is C15H24N2O2S. The van der Waals surface area contributed by atoms with Crippen molar-refractivity contribution in [3.05, 3.63) is 29.8 Å². The van der Waals surface area contributed by atoms with E-state index in [9.17, 15) is 8.42 Å². The van der Waals surface area contributed by atoms with Gasteiger partial charge in [0.05, 0.1) is 4.90 Å². The third kappa shape index (κ3) is 3.40. The Bertz CT molecular complexity index is 539. The topological polar surface area (TPSA) is 58.2 Å². The van der Waals surface area contributed by atoms with Crippen LogP contribution in [-0.4, -0.2) is 21.5 Å². The van der Waals surface area contributed by atoms with Crippen LogP contribution in [0, 0.1) is 11.8 Å². The summed E-state index contributed by atoms with van der Waals surface area (Å²) in [5, 5.41) is 3.05. The molecule has 2 rings (SSSR count). The van der Waals surface area contributed by atoms with Crippen molar-refractivity contribution >= 4 is 10.0 Å². The van der Waals surface area contributed by atoms with Gasteiger partial charge in [0, 0.05) is 12.6 Å². The third-order valence-electron chi connectivity index (χ3n) is 4.39. The molecule has 0 spiro atoms. The number of hydrogen-bond acceptors (Lipinski definition) is 3. The van der Waals surface area contributed by atoms with Gasteiger partial charge in [0.2, 0.25) is 10.0 Å². The summed E-state index contributed by atoms with van der Waals surface area (Å²) in [6.07, 6.45) is 2.02. The van der Waals surface area contributed by atoms with Gasteiger partial charge in [-0.15, -0.1) is 0 Å². The molecule has 0 saturated heterocycles. The fourth-order valence-electron chi connectivity index (χ4n) is 2.79. The summed E-state index contributed by atoms with van der Waals surface area (Å²) < 4.78 is 27.6. The second-order valence-corrected chi connectivity index (χ2v) is 7.53. The fourth-order valence-corrected chi connectivity index (χ4v) is 4.15. The van der Waals surface area contributed by atoms with E-state index < -0.39 is 10.0 Å². The first kappa shape index (κ1) is 15.5. The molecule has 4 nitrogen and oxygen atoms in total. The summed E-state index contributed by atoms with van der Waals surface area (Å²) >= 11 is 0. The molecule has 0 aromatic heterocycles. The Morgan fingerprint density at radius 2 is 1.80 bits per heavy atom. The summed E-state index contributed by atoms with van der Waals surface area (Å²) in [5.74, 6) is 0.981. The van der Waals surface area contributed by atoms with Gasteiger partial charge < -0.3 is 5.32 Å². The number of rotatable bonds is 5.